The van der Waals surface area contributed by atoms with Crippen LogP contribution in [0.4, 0.5) is 37.7 Å². The summed E-state index contributed by atoms with van der Waals surface area (Å²) in [6.45, 7) is 3.88. The van der Waals surface area contributed by atoms with Crippen LogP contribution in [0.1, 0.15) is 27.8 Å². The van der Waals surface area contributed by atoms with Crippen LogP contribution in [0.5, 0.6) is 11.5 Å². The molecule has 15 heteroatoms. The molecule has 48 heavy (non-hydrogen) atoms. The number of rotatable bonds is 10. The van der Waals surface area contributed by atoms with E-state index in [2.05, 4.69) is 30.0 Å². The van der Waals surface area contributed by atoms with E-state index in [0.717, 1.165) is 40.1 Å². The highest BCUT2D eigenvalue weighted by Crippen LogP contribution is 2.27. The number of amidine groups is 2. The highest BCUT2D eigenvalue weighted by Gasteiger charge is 2.31. The van der Waals surface area contributed by atoms with Gasteiger partial charge in [-0.15, -0.1) is 26.3 Å². The first-order valence-corrected chi connectivity index (χ1v) is 15.0. The highest BCUT2D eigenvalue weighted by molar-refractivity contribution is 8.13. The molecule has 0 radical (unpaired) electrons. The zero-order valence-electron chi connectivity index (χ0n) is 25.4. The summed E-state index contributed by atoms with van der Waals surface area (Å²) in [4.78, 5) is 12.9. The van der Waals surface area contributed by atoms with Crippen LogP contribution in [0.3, 0.4) is 0 Å². The number of halogens is 6. The van der Waals surface area contributed by atoms with E-state index in [9.17, 15) is 26.3 Å². The van der Waals surface area contributed by atoms with E-state index in [4.69, 9.17) is 10.7 Å². The fourth-order valence-electron chi connectivity index (χ4n) is 3.98. The van der Waals surface area contributed by atoms with Crippen molar-refractivity contribution >= 4 is 46.7 Å². The Morgan fingerprint density at radius 3 is 1.92 bits per heavy atom. The average molecular weight is 687 g/mol. The number of hydrazone groups is 1. The molecule has 4 aromatic rings. The maximum absolute atomic E-state index is 12.5. The van der Waals surface area contributed by atoms with Gasteiger partial charge in [-0.1, -0.05) is 66.4 Å². The second-order valence-corrected chi connectivity index (χ2v) is 10.9. The summed E-state index contributed by atoms with van der Waals surface area (Å²) in [6.07, 6.45) is -6.78. The van der Waals surface area contributed by atoms with E-state index < -0.39 is 12.7 Å². The summed E-state index contributed by atoms with van der Waals surface area (Å²) in [5.74, 6) is -0.107. The molecule has 0 aromatic heterocycles. The van der Waals surface area contributed by atoms with Crippen molar-refractivity contribution in [2.75, 3.05) is 0 Å². The fraction of sp³-hybridized carbons (Fsp3) is 0.152. The Balaban J connectivity index is 1.40. The van der Waals surface area contributed by atoms with E-state index in [0.29, 0.717) is 22.2 Å². The minimum atomic E-state index is -4.78. The van der Waals surface area contributed by atoms with E-state index >= 15 is 0 Å². The molecule has 0 fully saturated rings. The lowest BCUT2D eigenvalue weighted by atomic mass is 10.1. The van der Waals surface area contributed by atoms with Crippen LogP contribution in [0.15, 0.2) is 111 Å². The number of aliphatic imine (C=N–C) groups is 3. The maximum Gasteiger partial charge on any atom is 0.573 e. The number of ether oxygens (including phenoxy) is 2. The van der Waals surface area contributed by atoms with Crippen LogP contribution in [-0.2, 0) is 5.75 Å². The zero-order chi connectivity index (χ0) is 34.7. The third-order valence-corrected chi connectivity index (χ3v) is 7.17. The van der Waals surface area contributed by atoms with Crippen LogP contribution < -0.4 is 20.6 Å². The molecule has 8 nitrogen and oxygen atoms in total. The largest absolute Gasteiger partial charge is 0.573 e. The molecular weight excluding hydrogens is 658 g/mol. The molecule has 4 aromatic carbocycles. The van der Waals surface area contributed by atoms with Crippen LogP contribution in [0, 0.1) is 13.8 Å². The molecule has 0 heterocycles. The van der Waals surface area contributed by atoms with Crippen molar-refractivity contribution < 1.29 is 35.8 Å². The summed E-state index contributed by atoms with van der Waals surface area (Å²) >= 11 is 1.32. The van der Waals surface area contributed by atoms with Crippen molar-refractivity contribution in [3.63, 3.8) is 0 Å². The van der Waals surface area contributed by atoms with Crippen molar-refractivity contribution in [1.29, 1.82) is 0 Å². The van der Waals surface area contributed by atoms with E-state index in [1.165, 1.54) is 42.4 Å². The lowest BCUT2D eigenvalue weighted by Gasteiger charge is -2.11. The number of para-hydroxylation sites is 1. The zero-order valence-corrected chi connectivity index (χ0v) is 26.2. The number of nitrogens with zero attached hydrogens (tertiary/aromatic N) is 4. The summed E-state index contributed by atoms with van der Waals surface area (Å²) in [6, 6.07) is 23.3. The molecule has 4 rings (SSSR count). The molecule has 0 bridgehead atoms. The quantitative estimate of drug-likeness (QED) is 0.0752. The maximum atomic E-state index is 12.5. The molecule has 0 unspecified atom stereocenters. The standard InChI is InChI=1S/C33H28F6N6O2S/c1-21-4-3-5-22(2)29(21)44-31(48-19-24-8-14-27(15-9-24)46-32(34,35)36)45-43-18-23-6-10-25(11-7-23)30(40)42-20-41-26-12-16-28(17-13-26)47-33(37,38)39/h3-18,20H,19H2,1-2H3,(H,44,45)(H2,40,41,42)/b43-18+. The van der Waals surface area contributed by atoms with Crippen molar-refractivity contribution in [3.8, 4) is 11.5 Å². The Morgan fingerprint density at radius 2 is 1.35 bits per heavy atom. The molecule has 0 atom stereocenters. The van der Waals surface area contributed by atoms with Gasteiger partial charge >= 0.3 is 12.7 Å². The van der Waals surface area contributed by atoms with Crippen molar-refractivity contribution in [3.05, 3.63) is 119 Å². The van der Waals surface area contributed by atoms with Gasteiger partial charge in [0.15, 0.2) is 5.17 Å². The van der Waals surface area contributed by atoms with Gasteiger partial charge in [0, 0.05) is 11.3 Å². The second kappa shape index (κ2) is 16.0. The summed E-state index contributed by atoms with van der Waals surface area (Å²) in [5.41, 5.74) is 14.1. The van der Waals surface area contributed by atoms with Gasteiger partial charge in [-0.3, -0.25) is 5.43 Å². The Morgan fingerprint density at radius 1 is 0.792 bits per heavy atom. The smallest absolute Gasteiger partial charge is 0.406 e. The number of thioether (sulfide) groups is 1. The van der Waals surface area contributed by atoms with Crippen molar-refractivity contribution in [2.45, 2.75) is 32.3 Å². The summed E-state index contributed by atoms with van der Waals surface area (Å²) in [7, 11) is 0. The topological polar surface area (TPSA) is 106 Å². The molecule has 0 amide bonds. The summed E-state index contributed by atoms with van der Waals surface area (Å²) in [5, 5.41) is 4.79. The number of nitrogens with one attached hydrogen (secondary N) is 1. The molecule has 3 N–H and O–H groups in total. The molecule has 0 aliphatic rings. The van der Waals surface area contributed by atoms with Crippen LogP contribution in [0.2, 0.25) is 0 Å². The summed E-state index contributed by atoms with van der Waals surface area (Å²) < 4.78 is 82.2. The molecule has 250 valence electrons. The van der Waals surface area contributed by atoms with E-state index in [1.54, 1.807) is 42.6 Å². The van der Waals surface area contributed by atoms with Crippen LogP contribution >= 0.6 is 11.8 Å². The molecular formula is C33H28F6N6O2S. The normalized spacial score (nSPS) is 12.9. The number of nitrogens with two attached hydrogens (primary N) is 1. The SMILES string of the molecule is Cc1cccc(C)c1N=C(N/N=C/c1ccc(C(N)=NC=Nc2ccc(OC(F)(F)F)cc2)cc1)SCc1ccc(OC(F)(F)F)cc1. The first-order valence-electron chi connectivity index (χ1n) is 14.0. The van der Waals surface area contributed by atoms with Crippen molar-refractivity contribution in [2.24, 2.45) is 25.8 Å². The Hall–Kier alpha value is -5.31. The van der Waals surface area contributed by atoms with Crippen molar-refractivity contribution in [1.82, 2.24) is 5.43 Å². The van der Waals surface area contributed by atoms with E-state index in [1.807, 2.05) is 32.0 Å². The van der Waals surface area contributed by atoms with Gasteiger partial charge in [-0.05, 0) is 72.5 Å². The second-order valence-electron chi connectivity index (χ2n) is 9.93. The van der Waals surface area contributed by atoms with Gasteiger partial charge < -0.3 is 15.2 Å². The lowest BCUT2D eigenvalue weighted by Crippen LogP contribution is -2.17. The van der Waals surface area contributed by atoms with Gasteiger partial charge in [-0.25, -0.2) is 15.0 Å². The Bertz CT molecular complexity index is 1770. The first kappa shape index (κ1) is 35.5. The number of hydrogen-bond donors (Lipinski definition) is 2. The minimum Gasteiger partial charge on any atom is -0.406 e. The molecule has 0 aliphatic carbocycles. The Kier molecular flexibility index (Phi) is 11.8. The number of aryl methyl sites for hydroxylation is 2. The van der Waals surface area contributed by atoms with Gasteiger partial charge in [0.05, 0.1) is 17.6 Å². The lowest BCUT2D eigenvalue weighted by molar-refractivity contribution is -0.275. The number of hydrogen-bond acceptors (Lipinski definition) is 6. The fourth-order valence-corrected chi connectivity index (χ4v) is 4.75. The molecule has 0 saturated heterocycles. The van der Waals surface area contributed by atoms with Crippen LogP contribution in [-0.4, -0.2) is 36.3 Å². The van der Waals surface area contributed by atoms with E-state index in [-0.39, 0.29) is 17.3 Å². The first-order chi connectivity index (χ1) is 22.7. The average Bonchev–Trinajstić information content (AvgIpc) is 3.02. The van der Waals surface area contributed by atoms with Gasteiger partial charge in [-0.2, -0.15) is 5.10 Å². The molecule has 0 saturated carbocycles. The van der Waals surface area contributed by atoms with Crippen LogP contribution in [0.25, 0.3) is 0 Å². The monoisotopic (exact) mass is 686 g/mol. The van der Waals surface area contributed by atoms with Gasteiger partial charge in [0.25, 0.3) is 0 Å². The number of benzene rings is 4. The molecule has 0 aliphatic heterocycles. The highest BCUT2D eigenvalue weighted by atomic mass is 32.2. The third-order valence-electron chi connectivity index (χ3n) is 6.24. The molecule has 0 spiro atoms. The predicted molar refractivity (Wildman–Crippen MR) is 177 cm³/mol. The number of alkyl halides is 6. The Labute approximate surface area is 276 Å². The minimum absolute atomic E-state index is 0.162. The predicted octanol–water partition coefficient (Wildman–Crippen LogP) is 8.71. The van der Waals surface area contributed by atoms with Gasteiger partial charge in [0.1, 0.15) is 23.7 Å². The third kappa shape index (κ3) is 11.8. The van der Waals surface area contributed by atoms with Gasteiger partial charge in [0.2, 0.25) is 0 Å².